The molecular weight excluding hydrogens is 421 g/mol. The van der Waals surface area contributed by atoms with Crippen molar-refractivity contribution in [1.29, 1.82) is 0 Å². The van der Waals surface area contributed by atoms with Crippen LogP contribution in [0.25, 0.3) is 0 Å². The summed E-state index contributed by atoms with van der Waals surface area (Å²) in [4.78, 5) is 2.39. The second-order valence-electron chi connectivity index (χ2n) is 5.25. The van der Waals surface area contributed by atoms with Gasteiger partial charge in [0, 0.05) is 29.6 Å². The molecular formula is C21H19BrMgO2S. The third kappa shape index (κ3) is 5.12. The molecule has 0 aliphatic carbocycles. The van der Waals surface area contributed by atoms with Gasteiger partial charge in [-0.1, -0.05) is 47.7 Å². The monoisotopic (exact) mass is 438 g/mol. The molecule has 0 saturated carbocycles. The zero-order chi connectivity index (χ0) is 16.8. The fraction of sp³-hybridized carbons (Fsp3) is 0.143. The van der Waals surface area contributed by atoms with E-state index in [9.17, 15) is 0 Å². The van der Waals surface area contributed by atoms with Gasteiger partial charge in [-0.2, -0.15) is 30.3 Å². The number of methoxy groups -OCH3 is 2. The van der Waals surface area contributed by atoms with Crippen LogP contribution >= 0.6 is 11.8 Å². The third-order valence-corrected chi connectivity index (χ3v) is 4.90. The van der Waals surface area contributed by atoms with Gasteiger partial charge >= 0.3 is 23.1 Å². The van der Waals surface area contributed by atoms with Crippen molar-refractivity contribution in [2.75, 3.05) is 14.2 Å². The largest absolute Gasteiger partial charge is 2.00 e. The van der Waals surface area contributed by atoms with E-state index in [1.807, 2.05) is 42.5 Å². The molecule has 0 aliphatic rings. The van der Waals surface area contributed by atoms with Gasteiger partial charge in [-0.05, 0) is 24.3 Å². The zero-order valence-corrected chi connectivity index (χ0v) is 18.6. The molecule has 0 fully saturated rings. The second-order valence-corrected chi connectivity index (χ2v) is 6.40. The van der Waals surface area contributed by atoms with Gasteiger partial charge in [-0.3, -0.25) is 0 Å². The number of rotatable bonds is 6. The third-order valence-electron chi connectivity index (χ3n) is 3.89. The number of ether oxygens (including phenoxy) is 2. The molecule has 0 radical (unpaired) electrons. The standard InChI is InChI=1S/C21H19O2S.BrH.Mg/c1-22-21(23-2,17-9-5-3-6-10-17)18-13-15-20(16-14-18)24-19-11-7-4-8-12-19;;/h4-16H,1-2H3;1H;/q-1;;+2/p-1. The molecule has 3 aromatic carbocycles. The Kier molecular flexibility index (Phi) is 9.93. The molecule has 0 aliphatic heterocycles. The van der Waals surface area contributed by atoms with Crippen LogP contribution in [0.4, 0.5) is 0 Å². The average Bonchev–Trinajstić information content (AvgIpc) is 2.66. The van der Waals surface area contributed by atoms with Crippen molar-refractivity contribution in [1.82, 2.24) is 0 Å². The van der Waals surface area contributed by atoms with Crippen molar-refractivity contribution in [3.05, 3.63) is 96.1 Å². The first-order valence-corrected chi connectivity index (χ1v) is 8.50. The molecule has 0 atom stereocenters. The normalized spacial score (nSPS) is 10.5. The molecule has 0 aromatic heterocycles. The van der Waals surface area contributed by atoms with E-state index in [0.29, 0.717) is 0 Å². The van der Waals surface area contributed by atoms with Crippen LogP contribution in [0.2, 0.25) is 0 Å². The van der Waals surface area contributed by atoms with E-state index < -0.39 is 5.79 Å². The maximum Gasteiger partial charge on any atom is 2.00 e. The van der Waals surface area contributed by atoms with E-state index in [0.717, 1.165) is 11.1 Å². The van der Waals surface area contributed by atoms with Gasteiger partial charge < -0.3 is 26.5 Å². The fourth-order valence-corrected chi connectivity index (χ4v) is 3.53. The van der Waals surface area contributed by atoms with Crippen molar-refractivity contribution in [3.63, 3.8) is 0 Å². The van der Waals surface area contributed by atoms with Crippen LogP contribution in [0, 0.1) is 6.07 Å². The van der Waals surface area contributed by atoms with Crippen LogP contribution in [-0.2, 0) is 15.3 Å². The molecule has 0 bridgehead atoms. The summed E-state index contributed by atoms with van der Waals surface area (Å²) in [6, 6.07) is 29.3. The van der Waals surface area contributed by atoms with Gasteiger partial charge in [-0.25, -0.2) is 0 Å². The molecule has 0 spiro atoms. The number of halogens is 1. The van der Waals surface area contributed by atoms with Crippen LogP contribution in [0.15, 0.2) is 88.7 Å². The van der Waals surface area contributed by atoms with Gasteiger partial charge in [0.2, 0.25) is 0 Å². The fourth-order valence-electron chi connectivity index (χ4n) is 2.69. The zero-order valence-electron chi connectivity index (χ0n) is 14.8. The summed E-state index contributed by atoms with van der Waals surface area (Å²) in [6.07, 6.45) is 0. The van der Waals surface area contributed by atoms with Crippen molar-refractivity contribution >= 4 is 34.8 Å². The average molecular weight is 440 g/mol. The smallest absolute Gasteiger partial charge is 1.00 e. The van der Waals surface area contributed by atoms with E-state index in [1.54, 1.807) is 26.0 Å². The van der Waals surface area contributed by atoms with Gasteiger partial charge in [0.05, 0.1) is 0 Å². The number of benzene rings is 3. The SMILES string of the molecule is COC(OC)(c1cc[c-]cc1)c1ccc(Sc2ccccc2)cc1.[Br-].[Mg+2]. The van der Waals surface area contributed by atoms with Crippen LogP contribution in [0.1, 0.15) is 11.1 Å². The maximum atomic E-state index is 5.77. The summed E-state index contributed by atoms with van der Waals surface area (Å²) < 4.78 is 11.5. The second kappa shape index (κ2) is 11.1. The van der Waals surface area contributed by atoms with Crippen LogP contribution in [0.3, 0.4) is 0 Å². The van der Waals surface area contributed by atoms with Crippen molar-refractivity contribution in [2.24, 2.45) is 0 Å². The minimum Gasteiger partial charge on any atom is -1.00 e. The Morgan fingerprint density at radius 2 is 1.23 bits per heavy atom. The van der Waals surface area contributed by atoms with Gasteiger partial charge in [0.25, 0.3) is 0 Å². The Balaban J connectivity index is 0.00000169. The topological polar surface area (TPSA) is 18.5 Å². The first-order chi connectivity index (χ1) is 11.8. The van der Waals surface area contributed by atoms with Crippen molar-refractivity contribution < 1.29 is 26.5 Å². The minimum atomic E-state index is -0.912. The molecule has 3 aromatic rings. The quantitative estimate of drug-likeness (QED) is 0.331. The molecule has 0 heterocycles. The molecule has 0 saturated heterocycles. The molecule has 130 valence electrons. The summed E-state index contributed by atoms with van der Waals surface area (Å²) in [5, 5.41) is 0. The molecule has 5 heteroatoms. The van der Waals surface area contributed by atoms with Crippen LogP contribution in [-0.4, -0.2) is 37.3 Å². The van der Waals surface area contributed by atoms with Gasteiger partial charge in [0.1, 0.15) is 0 Å². The summed E-state index contributed by atoms with van der Waals surface area (Å²) in [5.74, 6) is -0.912. The maximum absolute atomic E-state index is 5.77. The van der Waals surface area contributed by atoms with E-state index in [1.165, 1.54) is 9.79 Å². The predicted molar refractivity (Wildman–Crippen MR) is 103 cm³/mol. The Labute approximate surface area is 186 Å². The molecule has 2 nitrogen and oxygen atoms in total. The predicted octanol–water partition coefficient (Wildman–Crippen LogP) is 1.76. The molecule has 0 N–H and O–H groups in total. The summed E-state index contributed by atoms with van der Waals surface area (Å²) in [5.41, 5.74) is 1.89. The summed E-state index contributed by atoms with van der Waals surface area (Å²) in [7, 11) is 3.32. The number of hydrogen-bond acceptors (Lipinski definition) is 3. The van der Waals surface area contributed by atoms with Crippen molar-refractivity contribution in [3.8, 4) is 0 Å². The van der Waals surface area contributed by atoms with E-state index in [4.69, 9.17) is 9.47 Å². The first-order valence-electron chi connectivity index (χ1n) is 7.69. The van der Waals surface area contributed by atoms with Crippen LogP contribution < -0.4 is 17.0 Å². The molecule has 0 amide bonds. The molecule has 3 rings (SSSR count). The van der Waals surface area contributed by atoms with E-state index in [-0.39, 0.29) is 40.0 Å². The Morgan fingerprint density at radius 1 is 0.731 bits per heavy atom. The Hall–Kier alpha value is -0.824. The van der Waals surface area contributed by atoms with Gasteiger partial charge in [-0.15, -0.1) is 0 Å². The molecule has 0 unspecified atom stereocenters. The molecule has 26 heavy (non-hydrogen) atoms. The first kappa shape index (κ1) is 23.2. The van der Waals surface area contributed by atoms with E-state index >= 15 is 0 Å². The van der Waals surface area contributed by atoms with Crippen LogP contribution in [0.5, 0.6) is 0 Å². The Bertz CT molecular complexity index is 763. The summed E-state index contributed by atoms with van der Waals surface area (Å²) >= 11 is 1.73. The minimum absolute atomic E-state index is 0. The summed E-state index contributed by atoms with van der Waals surface area (Å²) in [6.45, 7) is 0. The number of hydrogen-bond donors (Lipinski definition) is 0. The van der Waals surface area contributed by atoms with E-state index in [2.05, 4.69) is 42.5 Å². The van der Waals surface area contributed by atoms with Crippen molar-refractivity contribution in [2.45, 2.75) is 15.6 Å². The Morgan fingerprint density at radius 3 is 1.77 bits per heavy atom. The van der Waals surface area contributed by atoms with Gasteiger partial charge in [0.15, 0.2) is 5.79 Å².